The van der Waals surface area contributed by atoms with Crippen molar-refractivity contribution in [3.05, 3.63) is 42.0 Å². The molecule has 4 nitrogen and oxygen atoms in total. The Hall–Kier alpha value is -1.84. The number of para-hydroxylation sites is 1. The van der Waals surface area contributed by atoms with Gasteiger partial charge in [-0.25, -0.2) is 0 Å². The van der Waals surface area contributed by atoms with Crippen LogP contribution in [0.2, 0.25) is 0 Å². The summed E-state index contributed by atoms with van der Waals surface area (Å²) in [4.78, 5) is 4.36. The Morgan fingerprint density at radius 1 is 1.22 bits per heavy atom. The molecule has 0 saturated heterocycles. The van der Waals surface area contributed by atoms with Crippen LogP contribution in [0.4, 0.5) is 5.69 Å². The second kappa shape index (κ2) is 6.19. The van der Waals surface area contributed by atoms with Crippen molar-refractivity contribution in [2.75, 3.05) is 5.32 Å². The molecule has 0 aliphatic carbocycles. The van der Waals surface area contributed by atoms with Crippen LogP contribution in [0.3, 0.4) is 0 Å². The van der Waals surface area contributed by atoms with E-state index in [1.54, 1.807) is 0 Å². The van der Waals surface area contributed by atoms with Gasteiger partial charge in [0.1, 0.15) is 0 Å². The van der Waals surface area contributed by atoms with Crippen molar-refractivity contribution in [1.82, 2.24) is 10.1 Å². The van der Waals surface area contributed by atoms with Gasteiger partial charge >= 0.3 is 0 Å². The zero-order valence-corrected chi connectivity index (χ0v) is 10.9. The highest BCUT2D eigenvalue weighted by Crippen LogP contribution is 2.09. The number of anilines is 1. The molecule has 0 saturated carbocycles. The van der Waals surface area contributed by atoms with E-state index in [0.717, 1.165) is 24.4 Å². The minimum absolute atomic E-state index is 0.568. The molecule has 96 valence electrons. The topological polar surface area (TPSA) is 51.0 Å². The quantitative estimate of drug-likeness (QED) is 0.848. The molecule has 1 aromatic carbocycles. The van der Waals surface area contributed by atoms with Gasteiger partial charge in [-0.15, -0.1) is 0 Å². The first-order valence-electron chi connectivity index (χ1n) is 6.34. The lowest BCUT2D eigenvalue weighted by molar-refractivity contribution is 0.376. The first kappa shape index (κ1) is 12.6. The molecule has 4 heteroatoms. The fourth-order valence-corrected chi connectivity index (χ4v) is 1.61. The van der Waals surface area contributed by atoms with Gasteiger partial charge in [0.25, 0.3) is 0 Å². The summed E-state index contributed by atoms with van der Waals surface area (Å²) >= 11 is 0. The van der Waals surface area contributed by atoms with Crippen LogP contribution in [0.1, 0.15) is 32.0 Å². The molecule has 1 N–H and O–H groups in total. The minimum Gasteiger partial charge on any atom is -0.376 e. The van der Waals surface area contributed by atoms with E-state index in [0.29, 0.717) is 18.4 Å². The summed E-state index contributed by atoms with van der Waals surface area (Å²) in [5.41, 5.74) is 1.06. The lowest BCUT2D eigenvalue weighted by atomic mass is 10.1. The number of hydrogen-bond acceptors (Lipinski definition) is 4. The number of benzene rings is 1. The van der Waals surface area contributed by atoms with Gasteiger partial charge in [-0.05, 0) is 24.5 Å². The zero-order valence-electron chi connectivity index (χ0n) is 10.9. The molecule has 0 radical (unpaired) electrons. The maximum absolute atomic E-state index is 5.20. The van der Waals surface area contributed by atoms with Gasteiger partial charge in [-0.1, -0.05) is 37.2 Å². The third kappa shape index (κ3) is 3.87. The molecule has 1 aromatic heterocycles. The average Bonchev–Trinajstić information content (AvgIpc) is 2.83. The van der Waals surface area contributed by atoms with Crippen LogP contribution in [0.15, 0.2) is 34.9 Å². The molecular weight excluding hydrogens is 226 g/mol. The summed E-state index contributed by atoms with van der Waals surface area (Å²) in [6.45, 7) is 4.95. The summed E-state index contributed by atoms with van der Waals surface area (Å²) in [7, 11) is 0. The van der Waals surface area contributed by atoms with Crippen LogP contribution in [0.5, 0.6) is 0 Å². The molecule has 1 heterocycles. The van der Waals surface area contributed by atoms with Gasteiger partial charge in [-0.2, -0.15) is 4.98 Å². The summed E-state index contributed by atoms with van der Waals surface area (Å²) in [5.74, 6) is 2.10. The first-order chi connectivity index (χ1) is 8.74. The van der Waals surface area contributed by atoms with Crippen molar-refractivity contribution in [2.45, 2.75) is 33.2 Å². The molecule has 2 aromatic rings. The van der Waals surface area contributed by atoms with Crippen LogP contribution in [0, 0.1) is 5.92 Å². The van der Waals surface area contributed by atoms with E-state index in [9.17, 15) is 0 Å². The van der Waals surface area contributed by atoms with Crippen molar-refractivity contribution in [1.29, 1.82) is 0 Å². The first-order valence-corrected chi connectivity index (χ1v) is 6.34. The number of aryl methyl sites for hydroxylation is 1. The molecule has 18 heavy (non-hydrogen) atoms. The molecule has 0 fully saturated rings. The number of hydrogen-bond donors (Lipinski definition) is 1. The van der Waals surface area contributed by atoms with E-state index in [1.807, 2.05) is 30.3 Å². The van der Waals surface area contributed by atoms with Crippen LogP contribution in [-0.4, -0.2) is 10.1 Å². The predicted octanol–water partition coefficient (Wildman–Crippen LogP) is 3.27. The fraction of sp³-hybridized carbons (Fsp3) is 0.429. The normalized spacial score (nSPS) is 10.8. The zero-order chi connectivity index (χ0) is 12.8. The Morgan fingerprint density at radius 3 is 2.72 bits per heavy atom. The molecule has 2 rings (SSSR count). The van der Waals surface area contributed by atoms with Gasteiger partial charge in [0.2, 0.25) is 5.89 Å². The number of nitrogens with one attached hydrogen (secondary N) is 1. The van der Waals surface area contributed by atoms with Crippen molar-refractivity contribution < 1.29 is 4.52 Å². The molecular formula is C14H19N3O. The predicted molar refractivity (Wildman–Crippen MR) is 71.2 cm³/mol. The van der Waals surface area contributed by atoms with Crippen molar-refractivity contribution in [3.8, 4) is 0 Å². The third-order valence-corrected chi connectivity index (χ3v) is 2.67. The van der Waals surface area contributed by atoms with Crippen LogP contribution in [0.25, 0.3) is 0 Å². The largest absolute Gasteiger partial charge is 0.376 e. The molecule has 0 unspecified atom stereocenters. The van der Waals surface area contributed by atoms with E-state index >= 15 is 0 Å². The number of aromatic nitrogens is 2. The SMILES string of the molecule is CC(C)CCc1noc(CNc2ccccc2)n1. The minimum atomic E-state index is 0.568. The monoisotopic (exact) mass is 245 g/mol. The summed E-state index contributed by atoms with van der Waals surface area (Å²) in [5, 5.41) is 7.22. The fourth-order valence-electron chi connectivity index (χ4n) is 1.61. The summed E-state index contributed by atoms with van der Waals surface area (Å²) < 4.78 is 5.20. The molecule has 0 aliphatic heterocycles. The van der Waals surface area contributed by atoms with Gasteiger partial charge < -0.3 is 9.84 Å². The summed E-state index contributed by atoms with van der Waals surface area (Å²) in [6.07, 6.45) is 1.97. The Balaban J connectivity index is 1.83. The van der Waals surface area contributed by atoms with E-state index in [4.69, 9.17) is 4.52 Å². The van der Waals surface area contributed by atoms with Gasteiger partial charge in [0, 0.05) is 12.1 Å². The molecule has 0 amide bonds. The lowest BCUT2D eigenvalue weighted by Gasteiger charge is -2.01. The standard InChI is InChI=1S/C14H19N3O/c1-11(2)8-9-13-16-14(18-17-13)10-15-12-6-4-3-5-7-12/h3-7,11,15H,8-10H2,1-2H3. The highest BCUT2D eigenvalue weighted by molar-refractivity contribution is 5.42. The Morgan fingerprint density at radius 2 is 2.00 bits per heavy atom. The van der Waals surface area contributed by atoms with Crippen molar-refractivity contribution >= 4 is 5.69 Å². The van der Waals surface area contributed by atoms with Crippen LogP contribution >= 0.6 is 0 Å². The van der Waals surface area contributed by atoms with E-state index in [-0.39, 0.29) is 0 Å². The van der Waals surface area contributed by atoms with Crippen molar-refractivity contribution in [3.63, 3.8) is 0 Å². The van der Waals surface area contributed by atoms with E-state index < -0.39 is 0 Å². The third-order valence-electron chi connectivity index (χ3n) is 2.67. The smallest absolute Gasteiger partial charge is 0.245 e. The molecule has 0 bridgehead atoms. The highest BCUT2D eigenvalue weighted by Gasteiger charge is 2.06. The highest BCUT2D eigenvalue weighted by atomic mass is 16.5. The Labute approximate surface area is 107 Å². The molecule has 0 spiro atoms. The average molecular weight is 245 g/mol. The van der Waals surface area contributed by atoms with Crippen LogP contribution < -0.4 is 5.32 Å². The van der Waals surface area contributed by atoms with Crippen LogP contribution in [-0.2, 0) is 13.0 Å². The van der Waals surface area contributed by atoms with E-state index in [2.05, 4.69) is 29.3 Å². The number of rotatable bonds is 6. The maximum atomic E-state index is 5.20. The molecule has 0 aliphatic rings. The number of nitrogens with zero attached hydrogens (tertiary/aromatic N) is 2. The second-order valence-corrected chi connectivity index (χ2v) is 4.76. The van der Waals surface area contributed by atoms with E-state index in [1.165, 1.54) is 0 Å². The lowest BCUT2D eigenvalue weighted by Crippen LogP contribution is -2.00. The maximum Gasteiger partial charge on any atom is 0.245 e. The Bertz CT molecular complexity index is 465. The molecule has 0 atom stereocenters. The van der Waals surface area contributed by atoms with Gasteiger partial charge in [0.15, 0.2) is 5.82 Å². The Kier molecular flexibility index (Phi) is 4.34. The van der Waals surface area contributed by atoms with Crippen molar-refractivity contribution in [2.24, 2.45) is 5.92 Å². The summed E-state index contributed by atoms with van der Waals surface area (Å²) in [6, 6.07) is 9.99. The van der Waals surface area contributed by atoms with Gasteiger partial charge in [0.05, 0.1) is 6.54 Å². The second-order valence-electron chi connectivity index (χ2n) is 4.76. The van der Waals surface area contributed by atoms with Gasteiger partial charge in [-0.3, -0.25) is 0 Å².